The fraction of sp³-hybridized carbons (Fsp3) is 0.360. The molecule has 2 amide bonds. The predicted octanol–water partition coefficient (Wildman–Crippen LogP) is 1.54. The largest absolute Gasteiger partial charge is 0.391 e. The molecule has 0 aromatic heterocycles. The number of aliphatic hydroxyl groups is 2. The van der Waals surface area contributed by atoms with Crippen LogP contribution in [0, 0.1) is 18.8 Å². The number of aliphatic hydroxyl groups excluding tert-OH is 2. The van der Waals surface area contributed by atoms with Gasteiger partial charge in [0.15, 0.2) is 5.78 Å². The van der Waals surface area contributed by atoms with Gasteiger partial charge in [-0.15, -0.1) is 0 Å². The molecule has 3 N–H and O–H groups in total. The lowest BCUT2D eigenvalue weighted by molar-refractivity contribution is -0.125. The Bertz CT molecular complexity index is 1000. The molecule has 2 aromatic carbocycles. The summed E-state index contributed by atoms with van der Waals surface area (Å²) in [4.78, 5) is 28.0. The second-order valence-electron chi connectivity index (χ2n) is 7.93. The van der Waals surface area contributed by atoms with Gasteiger partial charge in [0.25, 0.3) is 0 Å². The number of carbonyl (C=O) groups is 2. The van der Waals surface area contributed by atoms with Crippen molar-refractivity contribution in [2.45, 2.75) is 26.0 Å². The molecule has 7 nitrogen and oxygen atoms in total. The van der Waals surface area contributed by atoms with Gasteiger partial charge in [0.05, 0.1) is 6.10 Å². The summed E-state index contributed by atoms with van der Waals surface area (Å²) >= 11 is 0. The minimum absolute atomic E-state index is 0.417. The molecule has 0 saturated carbocycles. The van der Waals surface area contributed by atoms with Gasteiger partial charge >= 0.3 is 6.03 Å². The molecule has 1 heterocycles. The summed E-state index contributed by atoms with van der Waals surface area (Å²) in [6.45, 7) is 5.00. The summed E-state index contributed by atoms with van der Waals surface area (Å²) in [5.74, 6) is 5.75. The van der Waals surface area contributed by atoms with E-state index in [1.807, 2.05) is 49.4 Å². The molecule has 1 aliphatic heterocycles. The van der Waals surface area contributed by atoms with Crippen molar-refractivity contribution in [3.8, 4) is 11.8 Å². The number of ketones is 1. The second kappa shape index (κ2) is 10.8. The average molecular weight is 436 g/mol. The third-order valence-corrected chi connectivity index (χ3v) is 5.43. The van der Waals surface area contributed by atoms with Crippen LogP contribution in [0.4, 0.5) is 10.5 Å². The molecule has 0 aliphatic carbocycles. The lowest BCUT2D eigenvalue weighted by Gasteiger charge is -2.36. The SMILES string of the molecule is Cc1cccc(C#Cc2ccc(N3CCN(C(=O)N[C@H](C(=O)CO)[C@@H](C)O)CC3)cc2)c1. The van der Waals surface area contributed by atoms with Gasteiger partial charge in [0, 0.05) is 43.0 Å². The molecule has 7 heteroatoms. The van der Waals surface area contributed by atoms with Crippen molar-refractivity contribution in [3.05, 3.63) is 65.2 Å². The summed E-state index contributed by atoms with van der Waals surface area (Å²) in [5.41, 5.74) is 4.16. The number of benzene rings is 2. The maximum Gasteiger partial charge on any atom is 0.318 e. The summed E-state index contributed by atoms with van der Waals surface area (Å²) in [6, 6.07) is 14.6. The van der Waals surface area contributed by atoms with Crippen LogP contribution < -0.4 is 10.2 Å². The number of nitrogens with one attached hydrogen (secondary N) is 1. The summed E-state index contributed by atoms with van der Waals surface area (Å²) in [7, 11) is 0. The molecule has 1 fully saturated rings. The van der Waals surface area contributed by atoms with Crippen molar-refractivity contribution in [1.82, 2.24) is 10.2 Å². The highest BCUT2D eigenvalue weighted by atomic mass is 16.3. The number of amides is 2. The minimum atomic E-state index is -1.11. The molecule has 2 atom stereocenters. The van der Waals surface area contributed by atoms with Crippen LogP contribution >= 0.6 is 0 Å². The van der Waals surface area contributed by atoms with Gasteiger partial charge in [-0.3, -0.25) is 4.79 Å². The smallest absolute Gasteiger partial charge is 0.318 e. The normalized spacial score (nSPS) is 15.4. The van der Waals surface area contributed by atoms with Crippen LogP contribution in [0.1, 0.15) is 23.6 Å². The number of aryl methyl sites for hydroxylation is 1. The molecule has 0 spiro atoms. The Morgan fingerprint density at radius 2 is 1.69 bits per heavy atom. The number of Topliss-reactive ketones (excluding diaryl/α,β-unsaturated/α-hetero) is 1. The van der Waals surface area contributed by atoms with E-state index in [1.165, 1.54) is 12.5 Å². The predicted molar refractivity (Wildman–Crippen MR) is 123 cm³/mol. The van der Waals surface area contributed by atoms with Crippen molar-refractivity contribution in [2.24, 2.45) is 0 Å². The Kier molecular flexibility index (Phi) is 7.87. The van der Waals surface area contributed by atoms with Crippen molar-refractivity contribution in [1.29, 1.82) is 0 Å². The third kappa shape index (κ3) is 6.10. The summed E-state index contributed by atoms with van der Waals surface area (Å²) in [5, 5.41) is 21.2. The molecular weight excluding hydrogens is 406 g/mol. The van der Waals surface area contributed by atoms with Crippen molar-refractivity contribution in [3.63, 3.8) is 0 Å². The highest BCUT2D eigenvalue weighted by molar-refractivity contribution is 5.89. The van der Waals surface area contributed by atoms with E-state index in [1.54, 1.807) is 4.90 Å². The van der Waals surface area contributed by atoms with Gasteiger partial charge in [0.1, 0.15) is 12.6 Å². The first-order valence-electron chi connectivity index (χ1n) is 10.7. The maximum absolute atomic E-state index is 12.5. The van der Waals surface area contributed by atoms with Gasteiger partial charge in [-0.25, -0.2) is 4.79 Å². The fourth-order valence-electron chi connectivity index (χ4n) is 3.58. The first kappa shape index (κ1) is 23.3. The van der Waals surface area contributed by atoms with E-state index < -0.39 is 30.6 Å². The highest BCUT2D eigenvalue weighted by Crippen LogP contribution is 2.17. The van der Waals surface area contributed by atoms with Gasteiger partial charge in [-0.05, 0) is 55.8 Å². The summed E-state index contributed by atoms with van der Waals surface area (Å²) < 4.78 is 0. The lowest BCUT2D eigenvalue weighted by atomic mass is 10.1. The van der Waals surface area contributed by atoms with Gasteiger partial charge < -0.3 is 25.3 Å². The number of urea groups is 1. The number of nitrogens with zero attached hydrogens (tertiary/aromatic N) is 2. The second-order valence-corrected chi connectivity index (χ2v) is 7.93. The fourth-order valence-corrected chi connectivity index (χ4v) is 3.58. The molecule has 0 unspecified atom stereocenters. The number of rotatable bonds is 5. The van der Waals surface area contributed by atoms with E-state index in [4.69, 9.17) is 5.11 Å². The molecule has 1 saturated heterocycles. The van der Waals surface area contributed by atoms with E-state index >= 15 is 0 Å². The molecule has 0 radical (unpaired) electrons. The van der Waals surface area contributed by atoms with E-state index in [0.717, 1.165) is 16.8 Å². The van der Waals surface area contributed by atoms with Gasteiger partial charge in [0.2, 0.25) is 0 Å². The Balaban J connectivity index is 1.55. The molecular formula is C25H29N3O4. The van der Waals surface area contributed by atoms with Crippen LogP contribution in [0.5, 0.6) is 0 Å². The van der Waals surface area contributed by atoms with Crippen LogP contribution in [0.25, 0.3) is 0 Å². The van der Waals surface area contributed by atoms with E-state index in [9.17, 15) is 14.7 Å². The highest BCUT2D eigenvalue weighted by Gasteiger charge is 2.28. The van der Waals surface area contributed by atoms with Crippen molar-refractivity contribution >= 4 is 17.5 Å². The Labute approximate surface area is 188 Å². The zero-order valence-corrected chi connectivity index (χ0v) is 18.4. The van der Waals surface area contributed by atoms with Crippen molar-refractivity contribution < 1.29 is 19.8 Å². The summed E-state index contributed by atoms with van der Waals surface area (Å²) in [6.07, 6.45) is -1.08. The minimum Gasteiger partial charge on any atom is -0.391 e. The number of anilines is 1. The monoisotopic (exact) mass is 435 g/mol. The van der Waals surface area contributed by atoms with Crippen LogP contribution in [0.3, 0.4) is 0 Å². The third-order valence-electron chi connectivity index (χ3n) is 5.43. The average Bonchev–Trinajstić information content (AvgIpc) is 2.81. The molecule has 1 aliphatic rings. The van der Waals surface area contributed by atoms with Crippen LogP contribution in [-0.2, 0) is 4.79 Å². The first-order chi connectivity index (χ1) is 15.4. The quantitative estimate of drug-likeness (QED) is 0.620. The lowest BCUT2D eigenvalue weighted by Crippen LogP contribution is -2.57. The Morgan fingerprint density at radius 3 is 2.28 bits per heavy atom. The maximum atomic E-state index is 12.5. The number of hydrogen-bond acceptors (Lipinski definition) is 5. The standard InChI is InChI=1S/C25H29N3O4/c1-18-4-3-5-21(16-18)7-6-20-8-10-22(11-9-20)27-12-14-28(15-13-27)25(32)26-24(19(2)30)23(31)17-29/h3-5,8-11,16,19,24,29-30H,12-15,17H2,1-2H3,(H,26,32)/t19-,24+/m1/s1. The molecule has 32 heavy (non-hydrogen) atoms. The molecule has 0 bridgehead atoms. The Hall–Kier alpha value is -3.34. The number of piperazine rings is 1. The number of carbonyl (C=O) groups excluding carboxylic acids is 2. The van der Waals surface area contributed by atoms with Crippen LogP contribution in [0.2, 0.25) is 0 Å². The molecule has 3 rings (SSSR count). The first-order valence-corrected chi connectivity index (χ1v) is 10.7. The zero-order chi connectivity index (χ0) is 23.1. The zero-order valence-electron chi connectivity index (χ0n) is 18.4. The van der Waals surface area contributed by atoms with Gasteiger partial charge in [-0.1, -0.05) is 24.0 Å². The molecule has 168 valence electrons. The van der Waals surface area contributed by atoms with E-state index in [0.29, 0.717) is 26.2 Å². The van der Waals surface area contributed by atoms with Crippen molar-refractivity contribution in [2.75, 3.05) is 37.7 Å². The number of hydrogen-bond donors (Lipinski definition) is 3. The van der Waals surface area contributed by atoms with Crippen LogP contribution in [0.15, 0.2) is 48.5 Å². The van der Waals surface area contributed by atoms with Gasteiger partial charge in [-0.2, -0.15) is 0 Å². The topological polar surface area (TPSA) is 93.1 Å². The van der Waals surface area contributed by atoms with E-state index in [2.05, 4.69) is 28.1 Å². The Morgan fingerprint density at radius 1 is 1.03 bits per heavy atom. The van der Waals surface area contributed by atoms with Crippen LogP contribution in [-0.4, -0.2) is 71.9 Å². The molecule has 2 aromatic rings. The van der Waals surface area contributed by atoms with E-state index in [-0.39, 0.29) is 0 Å².